The van der Waals surface area contributed by atoms with Crippen LogP contribution in [0.25, 0.3) is 5.69 Å². The topological polar surface area (TPSA) is 50.8 Å². The van der Waals surface area contributed by atoms with Gasteiger partial charge in [-0.1, -0.05) is 41.4 Å². The Hall–Kier alpha value is -2.48. The van der Waals surface area contributed by atoms with E-state index in [4.69, 9.17) is 27.9 Å². The van der Waals surface area contributed by atoms with E-state index in [1.807, 2.05) is 30.3 Å². The molecular formula is C17H11Cl2N3O. The van der Waals surface area contributed by atoms with Gasteiger partial charge in [0.05, 0.1) is 16.3 Å². The highest BCUT2D eigenvalue weighted by molar-refractivity contribution is 6.35. The fourth-order valence-electron chi connectivity index (χ4n) is 2.06. The molecule has 0 saturated heterocycles. The molecule has 0 saturated carbocycles. The highest BCUT2D eigenvalue weighted by atomic mass is 35.5. The molecule has 2 aromatic carbocycles. The maximum atomic E-state index is 9.26. The van der Waals surface area contributed by atoms with Crippen molar-refractivity contribution in [2.24, 2.45) is 0 Å². The van der Waals surface area contributed by atoms with Crippen molar-refractivity contribution in [2.75, 3.05) is 0 Å². The largest absolute Gasteiger partial charge is 0.486 e. The first-order valence-electron chi connectivity index (χ1n) is 6.79. The highest BCUT2D eigenvalue weighted by Gasteiger charge is 2.11. The van der Waals surface area contributed by atoms with Crippen LogP contribution in [-0.4, -0.2) is 9.78 Å². The average molecular weight is 344 g/mol. The number of rotatable bonds is 4. The smallest absolute Gasteiger partial charge is 0.138 e. The Bertz CT molecular complexity index is 869. The van der Waals surface area contributed by atoms with Gasteiger partial charge in [0.1, 0.15) is 24.1 Å². The van der Waals surface area contributed by atoms with Crippen LogP contribution >= 0.6 is 23.2 Å². The van der Waals surface area contributed by atoms with Gasteiger partial charge in [0.2, 0.25) is 0 Å². The van der Waals surface area contributed by atoms with Gasteiger partial charge in [-0.3, -0.25) is 0 Å². The van der Waals surface area contributed by atoms with Gasteiger partial charge >= 0.3 is 0 Å². The second-order valence-electron chi connectivity index (χ2n) is 4.74. The second kappa shape index (κ2) is 6.74. The van der Waals surface area contributed by atoms with Crippen LogP contribution in [0.2, 0.25) is 10.0 Å². The summed E-state index contributed by atoms with van der Waals surface area (Å²) in [4.78, 5) is 0. The zero-order valence-electron chi connectivity index (χ0n) is 11.9. The Morgan fingerprint density at radius 2 is 1.91 bits per heavy atom. The molecule has 0 amide bonds. The lowest BCUT2D eigenvalue weighted by Gasteiger charge is -2.07. The third-order valence-corrected chi connectivity index (χ3v) is 3.72. The number of ether oxygens (including phenoxy) is 1. The zero-order chi connectivity index (χ0) is 16.2. The summed E-state index contributed by atoms with van der Waals surface area (Å²) < 4.78 is 7.31. The second-order valence-corrected chi connectivity index (χ2v) is 5.59. The van der Waals surface area contributed by atoms with E-state index in [2.05, 4.69) is 11.2 Å². The molecule has 0 spiro atoms. The van der Waals surface area contributed by atoms with Crippen LogP contribution in [0, 0.1) is 11.3 Å². The van der Waals surface area contributed by atoms with E-state index in [0.717, 1.165) is 5.69 Å². The van der Waals surface area contributed by atoms with Crippen LogP contribution in [0.5, 0.6) is 5.75 Å². The lowest BCUT2D eigenvalue weighted by Crippen LogP contribution is -2.00. The van der Waals surface area contributed by atoms with Gasteiger partial charge in [0.25, 0.3) is 0 Å². The third kappa shape index (κ3) is 3.48. The maximum Gasteiger partial charge on any atom is 0.138 e. The van der Waals surface area contributed by atoms with Crippen molar-refractivity contribution in [1.82, 2.24) is 9.78 Å². The van der Waals surface area contributed by atoms with E-state index >= 15 is 0 Å². The van der Waals surface area contributed by atoms with Crippen LogP contribution in [-0.2, 0) is 6.61 Å². The Labute approximate surface area is 143 Å². The molecule has 0 aliphatic rings. The predicted molar refractivity (Wildman–Crippen MR) is 89.1 cm³/mol. The summed E-state index contributed by atoms with van der Waals surface area (Å²) in [5.74, 6) is 0.495. The van der Waals surface area contributed by atoms with Crippen molar-refractivity contribution in [3.05, 3.63) is 76.0 Å². The molecule has 0 bridgehead atoms. The molecular weight excluding hydrogens is 333 g/mol. The number of halogens is 2. The van der Waals surface area contributed by atoms with Crippen molar-refractivity contribution >= 4 is 23.2 Å². The van der Waals surface area contributed by atoms with E-state index in [0.29, 0.717) is 27.1 Å². The molecule has 3 rings (SSSR count). The molecule has 114 valence electrons. The molecule has 6 heteroatoms. The van der Waals surface area contributed by atoms with Crippen molar-refractivity contribution in [3.8, 4) is 17.5 Å². The molecule has 0 atom stereocenters. The van der Waals surface area contributed by atoms with Crippen molar-refractivity contribution in [1.29, 1.82) is 5.26 Å². The van der Waals surface area contributed by atoms with Crippen molar-refractivity contribution in [2.45, 2.75) is 6.61 Å². The number of aromatic nitrogens is 2. The number of hydrogen-bond acceptors (Lipinski definition) is 3. The minimum absolute atomic E-state index is 0.143. The van der Waals surface area contributed by atoms with Gasteiger partial charge in [-0.2, -0.15) is 10.4 Å². The van der Waals surface area contributed by atoms with E-state index in [1.54, 1.807) is 29.1 Å². The van der Waals surface area contributed by atoms with Crippen LogP contribution in [0.1, 0.15) is 11.3 Å². The van der Waals surface area contributed by atoms with Crippen LogP contribution in [0.15, 0.2) is 54.7 Å². The molecule has 0 fully saturated rings. The fourth-order valence-corrected chi connectivity index (χ4v) is 2.52. The summed E-state index contributed by atoms with van der Waals surface area (Å²) in [7, 11) is 0. The molecule has 1 heterocycles. The SMILES string of the molecule is N#Cc1cn(-c2ccccc2)nc1COc1ccc(Cl)cc1Cl. The van der Waals surface area contributed by atoms with E-state index in [-0.39, 0.29) is 6.61 Å². The van der Waals surface area contributed by atoms with Gasteiger partial charge < -0.3 is 4.74 Å². The summed E-state index contributed by atoms with van der Waals surface area (Å²) in [5, 5.41) is 14.6. The van der Waals surface area contributed by atoms with Gasteiger partial charge in [-0.25, -0.2) is 4.68 Å². The molecule has 0 N–H and O–H groups in total. The van der Waals surface area contributed by atoms with Crippen LogP contribution in [0.3, 0.4) is 0 Å². The molecule has 23 heavy (non-hydrogen) atoms. The molecule has 3 aromatic rings. The first kappa shape index (κ1) is 15.4. The number of para-hydroxylation sites is 1. The van der Waals surface area contributed by atoms with Crippen LogP contribution < -0.4 is 4.74 Å². The summed E-state index contributed by atoms with van der Waals surface area (Å²) in [6.07, 6.45) is 1.68. The Balaban J connectivity index is 1.83. The minimum Gasteiger partial charge on any atom is -0.486 e. The van der Waals surface area contributed by atoms with E-state index in [1.165, 1.54) is 0 Å². The molecule has 1 aromatic heterocycles. The summed E-state index contributed by atoms with van der Waals surface area (Å²) in [6, 6.07) is 16.7. The Morgan fingerprint density at radius 3 is 2.61 bits per heavy atom. The summed E-state index contributed by atoms with van der Waals surface area (Å²) in [5.41, 5.74) is 1.88. The van der Waals surface area contributed by atoms with Gasteiger partial charge in [-0.15, -0.1) is 0 Å². The number of nitrogens with zero attached hydrogens (tertiary/aromatic N) is 3. The quantitative estimate of drug-likeness (QED) is 0.693. The molecule has 0 aliphatic carbocycles. The van der Waals surface area contributed by atoms with Crippen molar-refractivity contribution in [3.63, 3.8) is 0 Å². The standard InChI is InChI=1S/C17H11Cl2N3O/c18-13-6-7-17(15(19)8-13)23-11-16-12(9-20)10-22(21-16)14-4-2-1-3-5-14/h1-8,10H,11H2. The average Bonchev–Trinajstić information content (AvgIpc) is 2.98. The lowest BCUT2D eigenvalue weighted by atomic mass is 10.3. The number of benzene rings is 2. The third-order valence-electron chi connectivity index (χ3n) is 3.19. The molecule has 4 nitrogen and oxygen atoms in total. The van der Waals surface area contributed by atoms with Gasteiger partial charge in [0, 0.05) is 11.2 Å². The molecule has 0 aliphatic heterocycles. The van der Waals surface area contributed by atoms with E-state index in [9.17, 15) is 5.26 Å². The molecule has 0 unspecified atom stereocenters. The predicted octanol–water partition coefficient (Wildman–Crippen LogP) is 4.63. The monoisotopic (exact) mass is 343 g/mol. The fraction of sp³-hybridized carbons (Fsp3) is 0.0588. The van der Waals surface area contributed by atoms with Gasteiger partial charge in [0.15, 0.2) is 0 Å². The first-order valence-corrected chi connectivity index (χ1v) is 7.55. The zero-order valence-corrected chi connectivity index (χ0v) is 13.4. The van der Waals surface area contributed by atoms with E-state index < -0.39 is 0 Å². The van der Waals surface area contributed by atoms with Gasteiger partial charge in [-0.05, 0) is 30.3 Å². The minimum atomic E-state index is 0.143. The normalized spacial score (nSPS) is 10.3. The molecule has 0 radical (unpaired) electrons. The van der Waals surface area contributed by atoms with Crippen LogP contribution in [0.4, 0.5) is 0 Å². The first-order chi connectivity index (χ1) is 11.2. The van der Waals surface area contributed by atoms with Crippen molar-refractivity contribution < 1.29 is 4.74 Å². The summed E-state index contributed by atoms with van der Waals surface area (Å²) >= 11 is 11.9. The summed E-state index contributed by atoms with van der Waals surface area (Å²) in [6.45, 7) is 0.143. The lowest BCUT2D eigenvalue weighted by molar-refractivity contribution is 0.300. The maximum absolute atomic E-state index is 9.26. The Kier molecular flexibility index (Phi) is 4.52. The number of nitriles is 1. The Morgan fingerprint density at radius 1 is 1.13 bits per heavy atom. The highest BCUT2D eigenvalue weighted by Crippen LogP contribution is 2.28. The number of hydrogen-bond donors (Lipinski definition) is 0.